The molecule has 0 saturated carbocycles. The van der Waals surface area contributed by atoms with Crippen LogP contribution < -0.4 is 5.73 Å². The van der Waals surface area contributed by atoms with Crippen LogP contribution >= 0.6 is 15.9 Å². The number of imidazole rings is 1. The lowest BCUT2D eigenvalue weighted by atomic mass is 10.1. The molecule has 2 heterocycles. The zero-order valence-electron chi connectivity index (χ0n) is 9.74. The third-order valence-electron chi connectivity index (χ3n) is 3.29. The third kappa shape index (κ3) is 1.87. The molecule has 3 rings (SSSR count). The van der Waals surface area contributed by atoms with Gasteiger partial charge in [-0.1, -0.05) is 12.1 Å². The maximum atomic E-state index is 13.3. The summed E-state index contributed by atoms with van der Waals surface area (Å²) in [5.74, 6) is 0.535. The van der Waals surface area contributed by atoms with Crippen LogP contribution in [0.3, 0.4) is 0 Å². The van der Waals surface area contributed by atoms with Crippen LogP contribution in [-0.2, 0) is 6.54 Å². The van der Waals surface area contributed by atoms with Gasteiger partial charge in [-0.2, -0.15) is 0 Å². The first-order valence-electron chi connectivity index (χ1n) is 5.94. The number of fused-ring (bicyclic) bond motifs is 1. The molecule has 1 aromatic heterocycles. The van der Waals surface area contributed by atoms with Gasteiger partial charge in [0.2, 0.25) is 0 Å². The summed E-state index contributed by atoms with van der Waals surface area (Å²) in [5, 5.41) is 0. The molecule has 2 aromatic rings. The summed E-state index contributed by atoms with van der Waals surface area (Å²) < 4.78 is 16.2. The Morgan fingerprint density at radius 2 is 2.28 bits per heavy atom. The van der Waals surface area contributed by atoms with Gasteiger partial charge in [0.05, 0.1) is 5.69 Å². The van der Waals surface area contributed by atoms with E-state index in [0.717, 1.165) is 41.1 Å². The van der Waals surface area contributed by atoms with Crippen LogP contribution in [0.5, 0.6) is 0 Å². The van der Waals surface area contributed by atoms with E-state index in [-0.39, 0.29) is 11.9 Å². The summed E-state index contributed by atoms with van der Waals surface area (Å²) >= 11 is 3.45. The minimum Gasteiger partial charge on any atom is -0.326 e. The summed E-state index contributed by atoms with van der Waals surface area (Å²) in [6.45, 7) is 0.882. The lowest BCUT2D eigenvalue weighted by Gasteiger charge is -2.22. The van der Waals surface area contributed by atoms with Crippen LogP contribution in [-0.4, -0.2) is 9.55 Å². The number of halogens is 2. The Hall–Kier alpha value is -1.20. The normalized spacial score (nSPS) is 18.7. The lowest BCUT2D eigenvalue weighted by Crippen LogP contribution is -2.22. The van der Waals surface area contributed by atoms with Crippen molar-refractivity contribution in [3.05, 3.63) is 40.4 Å². The molecular formula is C13H13BrFN3. The molecule has 1 aliphatic rings. The highest BCUT2D eigenvalue weighted by Gasteiger charge is 2.25. The van der Waals surface area contributed by atoms with Crippen LogP contribution in [0.1, 0.15) is 24.6 Å². The van der Waals surface area contributed by atoms with E-state index in [0.29, 0.717) is 0 Å². The van der Waals surface area contributed by atoms with Gasteiger partial charge in [-0.25, -0.2) is 9.37 Å². The van der Waals surface area contributed by atoms with Gasteiger partial charge in [0.25, 0.3) is 0 Å². The molecule has 0 aliphatic carbocycles. The molecule has 94 valence electrons. The monoisotopic (exact) mass is 309 g/mol. The maximum Gasteiger partial charge on any atom is 0.141 e. The Balaban J connectivity index is 2.16. The molecular weight excluding hydrogens is 297 g/mol. The van der Waals surface area contributed by atoms with E-state index >= 15 is 0 Å². The van der Waals surface area contributed by atoms with E-state index < -0.39 is 0 Å². The SMILES string of the molecule is NC1CCCn2c(-c3cccc(F)c3)nc(Br)c21. The van der Waals surface area contributed by atoms with Crippen molar-refractivity contribution in [2.45, 2.75) is 25.4 Å². The fourth-order valence-corrected chi connectivity index (χ4v) is 3.15. The van der Waals surface area contributed by atoms with Gasteiger partial charge in [-0.05, 0) is 40.9 Å². The van der Waals surface area contributed by atoms with Crippen molar-refractivity contribution in [3.63, 3.8) is 0 Å². The molecule has 0 radical (unpaired) electrons. The molecule has 0 bridgehead atoms. The second-order valence-corrected chi connectivity index (χ2v) is 5.27. The molecule has 18 heavy (non-hydrogen) atoms. The van der Waals surface area contributed by atoms with Crippen LogP contribution in [0, 0.1) is 5.82 Å². The summed E-state index contributed by atoms with van der Waals surface area (Å²) in [7, 11) is 0. The maximum absolute atomic E-state index is 13.3. The second kappa shape index (κ2) is 4.48. The van der Waals surface area contributed by atoms with Crippen molar-refractivity contribution in [1.82, 2.24) is 9.55 Å². The number of nitrogens with zero attached hydrogens (tertiary/aromatic N) is 2. The summed E-state index contributed by atoms with van der Waals surface area (Å²) in [6, 6.07) is 6.50. The third-order valence-corrected chi connectivity index (χ3v) is 3.88. The van der Waals surface area contributed by atoms with Gasteiger partial charge in [0.1, 0.15) is 16.2 Å². The van der Waals surface area contributed by atoms with E-state index in [2.05, 4.69) is 25.5 Å². The Morgan fingerprint density at radius 3 is 3.06 bits per heavy atom. The van der Waals surface area contributed by atoms with Crippen molar-refractivity contribution in [1.29, 1.82) is 0 Å². The Bertz CT molecular complexity index is 594. The number of benzene rings is 1. The molecule has 0 amide bonds. The van der Waals surface area contributed by atoms with Gasteiger partial charge in [0, 0.05) is 18.2 Å². The minimum absolute atomic E-state index is 0.00272. The predicted molar refractivity (Wildman–Crippen MR) is 71.5 cm³/mol. The number of hydrogen-bond donors (Lipinski definition) is 1. The molecule has 5 heteroatoms. The first-order chi connectivity index (χ1) is 8.66. The molecule has 1 aliphatic heterocycles. The minimum atomic E-state index is -0.249. The van der Waals surface area contributed by atoms with Crippen LogP contribution in [0.15, 0.2) is 28.9 Å². The number of rotatable bonds is 1. The molecule has 1 atom stereocenters. The summed E-state index contributed by atoms with van der Waals surface area (Å²) in [5.41, 5.74) is 7.91. The molecule has 0 fully saturated rings. The largest absolute Gasteiger partial charge is 0.326 e. The van der Waals surface area contributed by atoms with Gasteiger partial charge in [-0.3, -0.25) is 0 Å². The van der Waals surface area contributed by atoms with E-state index in [1.165, 1.54) is 12.1 Å². The molecule has 3 nitrogen and oxygen atoms in total. The van der Waals surface area contributed by atoms with Crippen molar-refractivity contribution in [3.8, 4) is 11.4 Å². The van der Waals surface area contributed by atoms with Crippen molar-refractivity contribution < 1.29 is 4.39 Å². The Morgan fingerprint density at radius 1 is 1.44 bits per heavy atom. The smallest absolute Gasteiger partial charge is 0.141 e. The van der Waals surface area contributed by atoms with Gasteiger partial charge >= 0.3 is 0 Å². The molecule has 1 aromatic carbocycles. The summed E-state index contributed by atoms with van der Waals surface area (Å²) in [4.78, 5) is 4.49. The Kier molecular flexibility index (Phi) is 2.95. The zero-order chi connectivity index (χ0) is 12.7. The van der Waals surface area contributed by atoms with Gasteiger partial charge in [0.15, 0.2) is 0 Å². The molecule has 1 unspecified atom stereocenters. The Labute approximate surface area is 113 Å². The highest BCUT2D eigenvalue weighted by Crippen LogP contribution is 2.34. The van der Waals surface area contributed by atoms with E-state index in [1.807, 2.05) is 6.07 Å². The van der Waals surface area contributed by atoms with Gasteiger partial charge in [-0.15, -0.1) is 0 Å². The quantitative estimate of drug-likeness (QED) is 0.879. The first kappa shape index (κ1) is 11.9. The number of nitrogens with two attached hydrogens (primary N) is 1. The highest BCUT2D eigenvalue weighted by atomic mass is 79.9. The second-order valence-electron chi connectivity index (χ2n) is 4.52. The van der Waals surface area contributed by atoms with Crippen molar-refractivity contribution in [2.75, 3.05) is 0 Å². The topological polar surface area (TPSA) is 43.8 Å². The van der Waals surface area contributed by atoms with Crippen LogP contribution in [0.4, 0.5) is 4.39 Å². The average Bonchev–Trinajstić information content (AvgIpc) is 2.68. The standard InChI is InChI=1S/C13H13BrFN3/c14-12-11-10(16)5-2-6-18(11)13(17-12)8-3-1-4-9(15)7-8/h1,3-4,7,10H,2,5-6,16H2. The van der Waals surface area contributed by atoms with Crippen molar-refractivity contribution >= 4 is 15.9 Å². The molecule has 2 N–H and O–H groups in total. The fourth-order valence-electron chi connectivity index (χ4n) is 2.47. The predicted octanol–water partition coefficient (Wildman–Crippen LogP) is 3.25. The average molecular weight is 310 g/mol. The molecule has 0 spiro atoms. The van der Waals surface area contributed by atoms with Gasteiger partial charge < -0.3 is 10.3 Å². The van der Waals surface area contributed by atoms with Crippen LogP contribution in [0.25, 0.3) is 11.4 Å². The van der Waals surface area contributed by atoms with E-state index in [1.54, 1.807) is 6.07 Å². The molecule has 0 saturated heterocycles. The van der Waals surface area contributed by atoms with Crippen molar-refractivity contribution in [2.24, 2.45) is 5.73 Å². The fraction of sp³-hybridized carbons (Fsp3) is 0.308. The van der Waals surface area contributed by atoms with E-state index in [4.69, 9.17) is 5.73 Å². The highest BCUT2D eigenvalue weighted by molar-refractivity contribution is 9.10. The zero-order valence-corrected chi connectivity index (χ0v) is 11.3. The first-order valence-corrected chi connectivity index (χ1v) is 6.73. The number of hydrogen-bond acceptors (Lipinski definition) is 2. The number of aromatic nitrogens is 2. The summed E-state index contributed by atoms with van der Waals surface area (Å²) in [6.07, 6.45) is 1.99. The lowest BCUT2D eigenvalue weighted by molar-refractivity contribution is 0.464. The van der Waals surface area contributed by atoms with E-state index in [9.17, 15) is 4.39 Å². The van der Waals surface area contributed by atoms with Crippen LogP contribution in [0.2, 0.25) is 0 Å².